The number of aromatic amines is 1. The van der Waals surface area contributed by atoms with E-state index in [2.05, 4.69) is 37.3 Å². The first-order chi connectivity index (χ1) is 9.69. The third-order valence-corrected chi connectivity index (χ3v) is 3.23. The van der Waals surface area contributed by atoms with Crippen molar-refractivity contribution in [2.24, 2.45) is 0 Å². The van der Waals surface area contributed by atoms with Gasteiger partial charge in [0.05, 0.1) is 23.2 Å². The van der Waals surface area contributed by atoms with Gasteiger partial charge in [-0.1, -0.05) is 18.5 Å². The summed E-state index contributed by atoms with van der Waals surface area (Å²) < 4.78 is 1.64. The van der Waals surface area contributed by atoms with Gasteiger partial charge in [-0.2, -0.15) is 15.1 Å². The summed E-state index contributed by atoms with van der Waals surface area (Å²) in [5.41, 5.74) is 2.07. The van der Waals surface area contributed by atoms with Crippen LogP contribution in [-0.4, -0.2) is 36.3 Å². The van der Waals surface area contributed by atoms with E-state index >= 15 is 0 Å². The van der Waals surface area contributed by atoms with Gasteiger partial charge >= 0.3 is 0 Å². The van der Waals surface area contributed by atoms with E-state index in [1.165, 1.54) is 0 Å². The first kappa shape index (κ1) is 12.9. The number of nitrogens with one attached hydrogen (secondary N) is 2. The van der Waals surface area contributed by atoms with Gasteiger partial charge in [0, 0.05) is 6.54 Å². The van der Waals surface area contributed by atoms with Crippen molar-refractivity contribution in [1.82, 2.24) is 29.7 Å². The molecule has 0 aliphatic rings. The van der Waals surface area contributed by atoms with E-state index < -0.39 is 0 Å². The second kappa shape index (κ2) is 5.09. The van der Waals surface area contributed by atoms with Gasteiger partial charge < -0.3 is 10.3 Å². The lowest BCUT2D eigenvalue weighted by molar-refractivity contribution is 0.832. The first-order valence-electron chi connectivity index (χ1n) is 6.36. The lowest BCUT2D eigenvalue weighted by Crippen LogP contribution is -2.08. The van der Waals surface area contributed by atoms with Crippen LogP contribution in [0.4, 0.5) is 5.95 Å². The Morgan fingerprint density at radius 2 is 2.25 bits per heavy atom. The molecule has 0 aliphatic carbocycles. The minimum absolute atomic E-state index is 0.533. The molecule has 0 fully saturated rings. The molecule has 104 valence electrons. The highest BCUT2D eigenvalue weighted by molar-refractivity contribution is 6.31. The molecular formula is C12H14ClN7. The average molecular weight is 292 g/mol. The van der Waals surface area contributed by atoms with Crippen molar-refractivity contribution in [3.05, 3.63) is 23.2 Å². The van der Waals surface area contributed by atoms with Crippen LogP contribution >= 0.6 is 11.6 Å². The molecule has 8 heteroatoms. The predicted octanol–water partition coefficient (Wildman–Crippen LogP) is 2.32. The zero-order valence-electron chi connectivity index (χ0n) is 11.2. The number of nitrogens with zero attached hydrogens (tertiary/aromatic N) is 5. The van der Waals surface area contributed by atoms with Gasteiger partial charge in [-0.15, -0.1) is 0 Å². The van der Waals surface area contributed by atoms with Gasteiger partial charge in [-0.25, -0.2) is 9.67 Å². The van der Waals surface area contributed by atoms with Crippen LogP contribution < -0.4 is 5.32 Å². The van der Waals surface area contributed by atoms with Gasteiger partial charge in [-0.3, -0.25) is 0 Å². The van der Waals surface area contributed by atoms with Gasteiger partial charge in [0.25, 0.3) is 0 Å². The maximum atomic E-state index is 6.06. The molecule has 3 rings (SSSR count). The first-order valence-corrected chi connectivity index (χ1v) is 6.74. The Morgan fingerprint density at radius 1 is 1.40 bits per heavy atom. The van der Waals surface area contributed by atoms with E-state index in [0.29, 0.717) is 22.4 Å². The molecule has 0 aromatic carbocycles. The van der Waals surface area contributed by atoms with E-state index in [0.717, 1.165) is 24.2 Å². The van der Waals surface area contributed by atoms with E-state index in [-0.39, 0.29) is 0 Å². The monoisotopic (exact) mass is 291 g/mol. The van der Waals surface area contributed by atoms with Crippen molar-refractivity contribution in [3.63, 3.8) is 0 Å². The van der Waals surface area contributed by atoms with Crippen LogP contribution in [0, 0.1) is 6.92 Å². The SMILES string of the molecule is CCCNc1nc(-n2cc(Cl)c(C)n2)c2[nH]cnc2n1. The summed E-state index contributed by atoms with van der Waals surface area (Å²) in [5, 5.41) is 8.10. The molecule has 0 atom stereocenters. The van der Waals surface area contributed by atoms with Gasteiger partial charge in [-0.05, 0) is 13.3 Å². The number of hydrogen-bond donors (Lipinski definition) is 2. The normalized spacial score (nSPS) is 11.2. The quantitative estimate of drug-likeness (QED) is 0.770. The fraction of sp³-hybridized carbons (Fsp3) is 0.333. The summed E-state index contributed by atoms with van der Waals surface area (Å²) in [6.07, 6.45) is 4.30. The molecular weight excluding hydrogens is 278 g/mol. The maximum Gasteiger partial charge on any atom is 0.226 e. The zero-order valence-corrected chi connectivity index (χ0v) is 11.9. The molecule has 0 saturated carbocycles. The van der Waals surface area contributed by atoms with Crippen LogP contribution in [0.5, 0.6) is 0 Å². The number of aryl methyl sites for hydroxylation is 1. The summed E-state index contributed by atoms with van der Waals surface area (Å²) in [6, 6.07) is 0. The lowest BCUT2D eigenvalue weighted by Gasteiger charge is -2.06. The standard InChI is InChI=1S/C12H14ClN7/c1-3-4-14-12-17-10-9(15-6-16-10)11(18-12)20-5-8(13)7(2)19-20/h5-6H,3-4H2,1-2H3,(H2,14,15,16,17,18). The molecule has 3 heterocycles. The molecule has 0 amide bonds. The molecule has 20 heavy (non-hydrogen) atoms. The van der Waals surface area contributed by atoms with Crippen LogP contribution in [0.25, 0.3) is 17.0 Å². The van der Waals surface area contributed by atoms with Crippen molar-refractivity contribution < 1.29 is 0 Å². The van der Waals surface area contributed by atoms with Crippen molar-refractivity contribution in [2.75, 3.05) is 11.9 Å². The Kier molecular flexibility index (Phi) is 3.27. The Labute approximate surface area is 120 Å². The van der Waals surface area contributed by atoms with Crippen LogP contribution in [0.2, 0.25) is 5.02 Å². The summed E-state index contributed by atoms with van der Waals surface area (Å²) in [4.78, 5) is 16.0. The largest absolute Gasteiger partial charge is 0.354 e. The molecule has 0 unspecified atom stereocenters. The number of aromatic nitrogens is 6. The molecule has 0 aliphatic heterocycles. The molecule has 3 aromatic heterocycles. The number of halogens is 1. The number of imidazole rings is 1. The second-order valence-electron chi connectivity index (χ2n) is 4.41. The number of hydrogen-bond acceptors (Lipinski definition) is 5. The predicted molar refractivity (Wildman–Crippen MR) is 77.3 cm³/mol. The third-order valence-electron chi connectivity index (χ3n) is 2.86. The van der Waals surface area contributed by atoms with Crippen LogP contribution in [0.1, 0.15) is 19.0 Å². The van der Waals surface area contributed by atoms with Gasteiger partial charge in [0.2, 0.25) is 5.95 Å². The third kappa shape index (κ3) is 2.20. The molecule has 2 N–H and O–H groups in total. The minimum Gasteiger partial charge on any atom is -0.354 e. The van der Waals surface area contributed by atoms with Crippen molar-refractivity contribution >= 4 is 28.7 Å². The Balaban J connectivity index is 2.14. The van der Waals surface area contributed by atoms with Crippen LogP contribution in [0.15, 0.2) is 12.5 Å². The molecule has 0 spiro atoms. The Hall–Kier alpha value is -2.15. The van der Waals surface area contributed by atoms with Gasteiger partial charge in [0.1, 0.15) is 5.52 Å². The van der Waals surface area contributed by atoms with Crippen LogP contribution in [0.3, 0.4) is 0 Å². The van der Waals surface area contributed by atoms with Gasteiger partial charge in [0.15, 0.2) is 11.5 Å². The summed E-state index contributed by atoms with van der Waals surface area (Å²) in [5.74, 6) is 1.16. The number of fused-ring (bicyclic) bond motifs is 1. The lowest BCUT2D eigenvalue weighted by atomic mass is 10.4. The smallest absolute Gasteiger partial charge is 0.226 e. The zero-order chi connectivity index (χ0) is 14.1. The average Bonchev–Trinajstić information content (AvgIpc) is 3.03. The van der Waals surface area contributed by atoms with Crippen molar-refractivity contribution in [3.8, 4) is 5.82 Å². The highest BCUT2D eigenvalue weighted by atomic mass is 35.5. The summed E-state index contributed by atoms with van der Waals surface area (Å²) >= 11 is 6.06. The molecule has 7 nitrogen and oxygen atoms in total. The highest BCUT2D eigenvalue weighted by Gasteiger charge is 2.13. The molecule has 3 aromatic rings. The summed E-state index contributed by atoms with van der Waals surface area (Å²) in [6.45, 7) is 4.73. The van der Waals surface area contributed by atoms with Crippen molar-refractivity contribution in [2.45, 2.75) is 20.3 Å². The summed E-state index contributed by atoms with van der Waals surface area (Å²) in [7, 11) is 0. The van der Waals surface area contributed by atoms with E-state index in [9.17, 15) is 0 Å². The molecule has 0 bridgehead atoms. The van der Waals surface area contributed by atoms with E-state index in [4.69, 9.17) is 11.6 Å². The van der Waals surface area contributed by atoms with Crippen LogP contribution in [-0.2, 0) is 0 Å². The number of rotatable bonds is 4. The number of anilines is 1. The minimum atomic E-state index is 0.533. The van der Waals surface area contributed by atoms with Crippen molar-refractivity contribution in [1.29, 1.82) is 0 Å². The van der Waals surface area contributed by atoms with E-state index in [1.807, 2.05) is 6.92 Å². The second-order valence-corrected chi connectivity index (χ2v) is 4.81. The Morgan fingerprint density at radius 3 is 2.95 bits per heavy atom. The number of H-pyrrole nitrogens is 1. The fourth-order valence-corrected chi connectivity index (χ4v) is 1.98. The fourth-order valence-electron chi connectivity index (χ4n) is 1.85. The highest BCUT2D eigenvalue weighted by Crippen LogP contribution is 2.20. The topological polar surface area (TPSA) is 84.3 Å². The van der Waals surface area contributed by atoms with E-state index in [1.54, 1.807) is 17.2 Å². The maximum absolute atomic E-state index is 6.06. The molecule has 0 radical (unpaired) electrons. The molecule has 0 saturated heterocycles. The Bertz CT molecular complexity index is 726.